The van der Waals surface area contributed by atoms with E-state index in [1.54, 1.807) is 0 Å². The van der Waals surface area contributed by atoms with Gasteiger partial charge in [0.2, 0.25) is 0 Å². The van der Waals surface area contributed by atoms with Gasteiger partial charge in [0.05, 0.1) is 5.76 Å². The van der Waals surface area contributed by atoms with E-state index in [0.29, 0.717) is 6.42 Å². The van der Waals surface area contributed by atoms with Crippen LogP contribution in [0.1, 0.15) is 35.1 Å². The maximum atomic E-state index is 9.13. The molecule has 0 amide bonds. The third-order valence-electron chi connectivity index (χ3n) is 3.67. The number of rotatable bonds is 4. The first-order valence-electron chi connectivity index (χ1n) is 6.44. The largest absolute Gasteiger partial charge is 0.513 e. The van der Waals surface area contributed by atoms with Crippen molar-refractivity contribution in [3.63, 3.8) is 0 Å². The average Bonchev–Trinajstić information content (AvgIpc) is 2.70. The van der Waals surface area contributed by atoms with Gasteiger partial charge in [-0.05, 0) is 55.9 Å². The van der Waals surface area contributed by atoms with Gasteiger partial charge < -0.3 is 10.1 Å². The van der Waals surface area contributed by atoms with Gasteiger partial charge in [-0.1, -0.05) is 12.6 Å². The van der Waals surface area contributed by atoms with Crippen LogP contribution in [0.15, 0.2) is 24.6 Å². The maximum Gasteiger partial charge on any atom is 0.0851 e. The number of aliphatic hydroxyl groups excluding tert-OH is 1. The highest BCUT2D eigenvalue weighted by Gasteiger charge is 2.10. The first-order valence-corrected chi connectivity index (χ1v) is 6.44. The molecule has 0 aliphatic heterocycles. The van der Waals surface area contributed by atoms with Crippen LogP contribution in [0.4, 0.5) is 0 Å². The molecule has 2 aromatic rings. The third-order valence-corrected chi connectivity index (χ3v) is 3.67. The molecule has 0 saturated carbocycles. The molecule has 0 aliphatic carbocycles. The van der Waals surface area contributed by atoms with Crippen LogP contribution in [0.5, 0.6) is 0 Å². The maximum absolute atomic E-state index is 9.13. The quantitative estimate of drug-likeness (QED) is 0.763. The van der Waals surface area contributed by atoms with Crippen molar-refractivity contribution in [2.45, 2.75) is 40.0 Å². The fraction of sp³-hybridized carbons (Fsp3) is 0.375. The van der Waals surface area contributed by atoms with E-state index in [1.165, 1.54) is 33.2 Å². The Labute approximate surface area is 108 Å². The van der Waals surface area contributed by atoms with Crippen LogP contribution in [0.25, 0.3) is 10.9 Å². The molecule has 0 atom stereocenters. The lowest BCUT2D eigenvalue weighted by Gasteiger charge is -2.07. The Kier molecular flexibility index (Phi) is 3.46. The van der Waals surface area contributed by atoms with E-state index in [2.05, 4.69) is 44.6 Å². The number of hydrogen-bond acceptors (Lipinski definition) is 1. The zero-order chi connectivity index (χ0) is 13.3. The number of H-pyrrole nitrogens is 1. The van der Waals surface area contributed by atoms with Gasteiger partial charge in [0.1, 0.15) is 0 Å². The summed E-state index contributed by atoms with van der Waals surface area (Å²) in [7, 11) is 0. The SMILES string of the molecule is C=C(O)CCCc1c[nH]c2c(C)c(C)cc(C)c12. The fourth-order valence-electron chi connectivity index (χ4n) is 2.59. The lowest BCUT2D eigenvalue weighted by Crippen LogP contribution is -1.90. The summed E-state index contributed by atoms with van der Waals surface area (Å²) in [5.74, 6) is 0.276. The Balaban J connectivity index is 2.36. The second-order valence-electron chi connectivity index (χ2n) is 5.12. The molecule has 2 heteroatoms. The van der Waals surface area contributed by atoms with Crippen LogP contribution in [0, 0.1) is 20.8 Å². The van der Waals surface area contributed by atoms with E-state index in [4.69, 9.17) is 5.11 Å². The van der Waals surface area contributed by atoms with Crippen molar-refractivity contribution in [2.75, 3.05) is 0 Å². The molecule has 0 radical (unpaired) electrons. The van der Waals surface area contributed by atoms with Gasteiger partial charge in [-0.25, -0.2) is 0 Å². The summed E-state index contributed by atoms with van der Waals surface area (Å²) in [6.07, 6.45) is 4.69. The molecule has 0 spiro atoms. The summed E-state index contributed by atoms with van der Waals surface area (Å²) in [5.41, 5.74) is 6.58. The van der Waals surface area contributed by atoms with Crippen molar-refractivity contribution >= 4 is 10.9 Å². The number of hydrogen-bond donors (Lipinski definition) is 2. The predicted molar refractivity (Wildman–Crippen MR) is 77.2 cm³/mol. The van der Waals surface area contributed by atoms with E-state index in [0.717, 1.165) is 12.8 Å². The average molecular weight is 243 g/mol. The summed E-state index contributed by atoms with van der Waals surface area (Å²) in [4.78, 5) is 3.39. The summed E-state index contributed by atoms with van der Waals surface area (Å²) in [6, 6.07) is 2.25. The summed E-state index contributed by atoms with van der Waals surface area (Å²) < 4.78 is 0. The monoisotopic (exact) mass is 243 g/mol. The van der Waals surface area contributed by atoms with Gasteiger partial charge in [-0.15, -0.1) is 0 Å². The van der Waals surface area contributed by atoms with Crippen molar-refractivity contribution in [1.29, 1.82) is 0 Å². The van der Waals surface area contributed by atoms with Gasteiger partial charge >= 0.3 is 0 Å². The molecule has 2 nitrogen and oxygen atoms in total. The number of allylic oxidation sites excluding steroid dienone is 1. The lowest BCUT2D eigenvalue weighted by atomic mass is 9.98. The van der Waals surface area contributed by atoms with E-state index in [9.17, 15) is 0 Å². The molecule has 0 bridgehead atoms. The van der Waals surface area contributed by atoms with Crippen LogP contribution in [-0.2, 0) is 6.42 Å². The normalized spacial score (nSPS) is 11.1. The Morgan fingerprint density at radius 3 is 2.67 bits per heavy atom. The standard InChI is InChI=1S/C16H21NO/c1-10-8-11(2)15-14(7-5-6-12(3)18)9-17-16(15)13(10)4/h8-9,17-18H,3,5-7H2,1-2,4H3. The Bertz CT molecular complexity index is 593. The van der Waals surface area contributed by atoms with Gasteiger partial charge in [0.25, 0.3) is 0 Å². The van der Waals surface area contributed by atoms with Crippen LogP contribution in [0.3, 0.4) is 0 Å². The minimum absolute atomic E-state index is 0.276. The zero-order valence-corrected chi connectivity index (χ0v) is 11.4. The van der Waals surface area contributed by atoms with Gasteiger partial charge in [0, 0.05) is 23.5 Å². The first-order chi connectivity index (χ1) is 8.50. The number of nitrogens with one attached hydrogen (secondary N) is 1. The zero-order valence-electron chi connectivity index (χ0n) is 11.4. The molecule has 1 aromatic heterocycles. The highest BCUT2D eigenvalue weighted by atomic mass is 16.3. The molecule has 0 unspecified atom stereocenters. The molecule has 2 N–H and O–H groups in total. The Morgan fingerprint density at radius 1 is 1.28 bits per heavy atom. The number of fused-ring (bicyclic) bond motifs is 1. The fourth-order valence-corrected chi connectivity index (χ4v) is 2.59. The van der Waals surface area contributed by atoms with E-state index >= 15 is 0 Å². The number of benzene rings is 1. The van der Waals surface area contributed by atoms with E-state index in [1.807, 2.05) is 0 Å². The second kappa shape index (κ2) is 4.89. The van der Waals surface area contributed by atoms with Crippen LogP contribution >= 0.6 is 0 Å². The molecule has 1 heterocycles. The van der Waals surface area contributed by atoms with E-state index < -0.39 is 0 Å². The molecule has 1 aromatic carbocycles. The molecular formula is C16H21NO. The van der Waals surface area contributed by atoms with Crippen LogP contribution in [-0.4, -0.2) is 10.1 Å². The molecule has 0 aliphatic rings. The minimum Gasteiger partial charge on any atom is -0.513 e. The summed E-state index contributed by atoms with van der Waals surface area (Å²) in [5, 5.41) is 10.5. The Morgan fingerprint density at radius 2 is 2.00 bits per heavy atom. The number of aromatic amines is 1. The topological polar surface area (TPSA) is 36.0 Å². The predicted octanol–water partition coefficient (Wildman–Crippen LogP) is 4.49. The van der Waals surface area contributed by atoms with Gasteiger partial charge in [-0.2, -0.15) is 0 Å². The van der Waals surface area contributed by atoms with Crippen molar-refractivity contribution in [3.8, 4) is 0 Å². The molecule has 18 heavy (non-hydrogen) atoms. The Hall–Kier alpha value is -1.70. The van der Waals surface area contributed by atoms with Crippen LogP contribution in [0.2, 0.25) is 0 Å². The number of aryl methyl sites for hydroxylation is 4. The van der Waals surface area contributed by atoms with Crippen molar-refractivity contribution in [1.82, 2.24) is 4.98 Å². The van der Waals surface area contributed by atoms with Gasteiger partial charge in [0.15, 0.2) is 0 Å². The highest BCUT2D eigenvalue weighted by Crippen LogP contribution is 2.28. The van der Waals surface area contributed by atoms with Crippen molar-refractivity contribution < 1.29 is 5.11 Å². The van der Waals surface area contributed by atoms with Crippen LogP contribution < -0.4 is 0 Å². The van der Waals surface area contributed by atoms with Crippen molar-refractivity contribution in [3.05, 3.63) is 46.9 Å². The summed E-state index contributed by atoms with van der Waals surface area (Å²) >= 11 is 0. The highest BCUT2D eigenvalue weighted by molar-refractivity contribution is 5.89. The molecular weight excluding hydrogens is 222 g/mol. The summed E-state index contributed by atoms with van der Waals surface area (Å²) in [6.45, 7) is 10.0. The molecule has 2 rings (SSSR count). The van der Waals surface area contributed by atoms with Crippen molar-refractivity contribution in [2.24, 2.45) is 0 Å². The molecule has 0 saturated heterocycles. The molecule has 96 valence electrons. The molecule has 0 fully saturated rings. The first kappa shape index (κ1) is 12.7. The number of aromatic nitrogens is 1. The third kappa shape index (κ3) is 2.28. The number of aliphatic hydroxyl groups is 1. The van der Waals surface area contributed by atoms with Gasteiger partial charge in [-0.3, -0.25) is 0 Å². The van der Waals surface area contributed by atoms with E-state index in [-0.39, 0.29) is 5.76 Å². The lowest BCUT2D eigenvalue weighted by molar-refractivity contribution is 0.387. The smallest absolute Gasteiger partial charge is 0.0851 e. The second-order valence-corrected chi connectivity index (χ2v) is 5.12. The minimum atomic E-state index is 0.276.